The van der Waals surface area contributed by atoms with Crippen LogP contribution >= 0.6 is 11.6 Å². The van der Waals surface area contributed by atoms with Gasteiger partial charge in [-0.15, -0.1) is 0 Å². The van der Waals surface area contributed by atoms with Gasteiger partial charge in [0.1, 0.15) is 11.6 Å². The molecule has 1 N–H and O–H groups in total. The van der Waals surface area contributed by atoms with Crippen LogP contribution in [0.25, 0.3) is 11.4 Å². The highest BCUT2D eigenvalue weighted by molar-refractivity contribution is 6.30. The monoisotopic (exact) mass is 254 g/mol. The maximum atomic E-state index is 13.5. The van der Waals surface area contributed by atoms with Crippen LogP contribution in [-0.2, 0) is 0 Å². The summed E-state index contributed by atoms with van der Waals surface area (Å²) in [6, 6.07) is 4.02. The second-order valence-electron chi connectivity index (χ2n) is 3.25. The molecule has 0 aliphatic rings. The fraction of sp³-hybridized carbons (Fsp3) is 0.0909. The minimum Gasteiger partial charge on any atom is -0.490 e. The largest absolute Gasteiger partial charge is 0.490 e. The van der Waals surface area contributed by atoms with Crippen molar-refractivity contribution in [3.8, 4) is 17.1 Å². The predicted octanol–water partition coefficient (Wildman–Crippen LogP) is 2.24. The predicted molar refractivity (Wildman–Crippen MR) is 61.8 cm³/mol. The van der Waals surface area contributed by atoms with Crippen LogP contribution in [0.2, 0.25) is 5.02 Å². The highest BCUT2D eigenvalue weighted by atomic mass is 35.5. The number of aromatic amines is 1. The average molecular weight is 255 g/mol. The Morgan fingerprint density at radius 1 is 1.47 bits per heavy atom. The lowest BCUT2D eigenvalue weighted by Crippen LogP contribution is -2.11. The molecule has 0 amide bonds. The molecule has 0 aliphatic heterocycles. The zero-order valence-corrected chi connectivity index (χ0v) is 9.58. The van der Waals surface area contributed by atoms with E-state index in [0.717, 1.165) is 0 Å². The molecule has 4 nitrogen and oxygen atoms in total. The van der Waals surface area contributed by atoms with Gasteiger partial charge in [0.25, 0.3) is 5.56 Å². The molecule has 0 saturated carbocycles. The van der Waals surface area contributed by atoms with Gasteiger partial charge < -0.3 is 9.72 Å². The summed E-state index contributed by atoms with van der Waals surface area (Å²) in [5.41, 5.74) is -0.339. The van der Waals surface area contributed by atoms with Gasteiger partial charge in [0.15, 0.2) is 0 Å². The van der Waals surface area contributed by atoms with Gasteiger partial charge in [-0.05, 0) is 18.2 Å². The van der Waals surface area contributed by atoms with Gasteiger partial charge in [0.05, 0.1) is 18.9 Å². The Morgan fingerprint density at radius 2 is 2.24 bits per heavy atom. The lowest BCUT2D eigenvalue weighted by molar-refractivity contribution is 0.406. The number of aromatic nitrogens is 2. The summed E-state index contributed by atoms with van der Waals surface area (Å²) in [6.45, 7) is 0. The Morgan fingerprint density at radius 3 is 2.88 bits per heavy atom. The molecule has 1 heterocycles. The first-order chi connectivity index (χ1) is 8.11. The molecule has 0 aliphatic carbocycles. The fourth-order valence-electron chi connectivity index (χ4n) is 1.34. The van der Waals surface area contributed by atoms with Crippen molar-refractivity contribution in [1.29, 1.82) is 0 Å². The maximum Gasteiger partial charge on any atom is 0.293 e. The topological polar surface area (TPSA) is 55.0 Å². The van der Waals surface area contributed by atoms with Crippen LogP contribution < -0.4 is 10.3 Å². The van der Waals surface area contributed by atoms with Crippen LogP contribution in [0.15, 0.2) is 29.2 Å². The van der Waals surface area contributed by atoms with Crippen LogP contribution in [0.4, 0.5) is 4.39 Å². The molecular formula is C11H8ClFN2O2. The molecule has 0 radical (unpaired) electrons. The summed E-state index contributed by atoms with van der Waals surface area (Å²) in [6.07, 6.45) is 1.23. The van der Waals surface area contributed by atoms with Crippen LogP contribution in [0.5, 0.6) is 5.75 Å². The third-order valence-electron chi connectivity index (χ3n) is 2.17. The summed E-state index contributed by atoms with van der Waals surface area (Å²) < 4.78 is 18.3. The second-order valence-corrected chi connectivity index (χ2v) is 3.69. The Balaban J connectivity index is 2.57. The third kappa shape index (κ3) is 2.29. The maximum absolute atomic E-state index is 13.5. The molecule has 88 valence electrons. The number of hydrogen-bond donors (Lipinski definition) is 1. The zero-order chi connectivity index (χ0) is 12.4. The number of H-pyrrole nitrogens is 1. The quantitative estimate of drug-likeness (QED) is 0.894. The molecular weight excluding hydrogens is 247 g/mol. The standard InChI is InChI=1S/C11H8ClFN2O2/c1-17-9-5-14-10(15-11(9)16)7-4-6(12)2-3-8(7)13/h2-5H,1H3,(H,14,15,16). The molecule has 1 aromatic carbocycles. The van der Waals surface area contributed by atoms with Gasteiger partial charge >= 0.3 is 0 Å². The highest BCUT2D eigenvalue weighted by Gasteiger charge is 2.09. The molecule has 0 spiro atoms. The van der Waals surface area contributed by atoms with Crippen molar-refractivity contribution < 1.29 is 9.13 Å². The normalized spacial score (nSPS) is 10.3. The number of methoxy groups -OCH3 is 1. The van der Waals surface area contributed by atoms with Crippen molar-refractivity contribution >= 4 is 11.6 Å². The van der Waals surface area contributed by atoms with E-state index in [-0.39, 0.29) is 17.1 Å². The van der Waals surface area contributed by atoms with Crippen LogP contribution in [0.3, 0.4) is 0 Å². The van der Waals surface area contributed by atoms with Crippen molar-refractivity contribution in [2.75, 3.05) is 7.11 Å². The highest BCUT2D eigenvalue weighted by Crippen LogP contribution is 2.22. The molecule has 1 aromatic heterocycles. The average Bonchev–Trinajstić information content (AvgIpc) is 2.32. The third-order valence-corrected chi connectivity index (χ3v) is 2.41. The molecule has 0 unspecified atom stereocenters. The van der Waals surface area contributed by atoms with Crippen molar-refractivity contribution in [3.63, 3.8) is 0 Å². The van der Waals surface area contributed by atoms with E-state index in [1.165, 1.54) is 31.5 Å². The smallest absolute Gasteiger partial charge is 0.293 e. The van der Waals surface area contributed by atoms with Crippen molar-refractivity contribution in [3.05, 3.63) is 45.6 Å². The molecule has 0 saturated heterocycles. The van der Waals surface area contributed by atoms with E-state index in [1.54, 1.807) is 0 Å². The summed E-state index contributed by atoms with van der Waals surface area (Å²) in [5.74, 6) is -0.338. The van der Waals surface area contributed by atoms with E-state index in [0.29, 0.717) is 5.02 Å². The fourth-order valence-corrected chi connectivity index (χ4v) is 1.52. The van der Waals surface area contributed by atoms with Gasteiger partial charge in [0, 0.05) is 5.02 Å². The molecule has 0 atom stereocenters. The second kappa shape index (κ2) is 4.55. The molecule has 0 bridgehead atoms. The van der Waals surface area contributed by atoms with Gasteiger partial charge in [-0.25, -0.2) is 9.37 Å². The Hall–Kier alpha value is -1.88. The SMILES string of the molecule is COc1cnc(-c2cc(Cl)ccc2F)[nH]c1=O. The van der Waals surface area contributed by atoms with Gasteiger partial charge in [0.2, 0.25) is 5.75 Å². The Kier molecular flexibility index (Phi) is 3.10. The molecule has 0 fully saturated rings. The zero-order valence-electron chi connectivity index (χ0n) is 8.83. The molecule has 6 heteroatoms. The first-order valence-electron chi connectivity index (χ1n) is 4.70. The van der Waals surface area contributed by atoms with Crippen LogP contribution in [-0.4, -0.2) is 17.1 Å². The number of hydrogen-bond acceptors (Lipinski definition) is 3. The lowest BCUT2D eigenvalue weighted by atomic mass is 10.2. The first kappa shape index (κ1) is 11.6. The van der Waals surface area contributed by atoms with E-state index < -0.39 is 11.4 Å². The summed E-state index contributed by atoms with van der Waals surface area (Å²) >= 11 is 5.75. The molecule has 2 rings (SSSR count). The van der Waals surface area contributed by atoms with Crippen molar-refractivity contribution in [1.82, 2.24) is 9.97 Å². The van der Waals surface area contributed by atoms with E-state index in [2.05, 4.69) is 9.97 Å². The van der Waals surface area contributed by atoms with E-state index in [4.69, 9.17) is 16.3 Å². The molecule has 2 aromatic rings. The van der Waals surface area contributed by atoms with Crippen LogP contribution in [0, 0.1) is 5.82 Å². The summed E-state index contributed by atoms with van der Waals surface area (Å²) in [4.78, 5) is 17.8. The minimum absolute atomic E-state index is 0.0659. The lowest BCUT2D eigenvalue weighted by Gasteiger charge is -2.04. The van der Waals surface area contributed by atoms with Gasteiger partial charge in [-0.2, -0.15) is 0 Å². The number of halogens is 2. The van der Waals surface area contributed by atoms with E-state index in [9.17, 15) is 9.18 Å². The van der Waals surface area contributed by atoms with Crippen LogP contribution in [0.1, 0.15) is 0 Å². The van der Waals surface area contributed by atoms with Gasteiger partial charge in [-0.3, -0.25) is 4.79 Å². The number of nitrogens with zero attached hydrogens (tertiary/aromatic N) is 1. The number of nitrogens with one attached hydrogen (secondary N) is 1. The van der Waals surface area contributed by atoms with Crippen molar-refractivity contribution in [2.45, 2.75) is 0 Å². The van der Waals surface area contributed by atoms with Gasteiger partial charge in [-0.1, -0.05) is 11.6 Å². The summed E-state index contributed by atoms with van der Waals surface area (Å²) in [5, 5.41) is 0.361. The number of rotatable bonds is 2. The number of benzene rings is 1. The number of ether oxygens (including phenoxy) is 1. The molecule has 17 heavy (non-hydrogen) atoms. The first-order valence-corrected chi connectivity index (χ1v) is 5.08. The van der Waals surface area contributed by atoms with E-state index in [1.807, 2.05) is 0 Å². The van der Waals surface area contributed by atoms with Crippen molar-refractivity contribution in [2.24, 2.45) is 0 Å². The Labute approximate surface area is 101 Å². The minimum atomic E-state index is -0.511. The Bertz CT molecular complexity index is 613. The summed E-state index contributed by atoms with van der Waals surface area (Å²) in [7, 11) is 1.35. The van der Waals surface area contributed by atoms with E-state index >= 15 is 0 Å².